The molecule has 0 heterocycles. The van der Waals surface area contributed by atoms with E-state index in [0.717, 1.165) is 25.7 Å². The SMILES string of the molecule is N#Cc1cc(NC(=O)C2CCCC2)ccc1F. The van der Waals surface area contributed by atoms with Crippen LogP contribution in [0.15, 0.2) is 18.2 Å². The normalized spacial score (nSPS) is 15.5. The van der Waals surface area contributed by atoms with Gasteiger partial charge in [-0.15, -0.1) is 0 Å². The minimum absolute atomic E-state index is 0.0296. The molecule has 0 aliphatic heterocycles. The lowest BCUT2D eigenvalue weighted by Crippen LogP contribution is -2.20. The molecule has 4 heteroatoms. The van der Waals surface area contributed by atoms with Crippen molar-refractivity contribution < 1.29 is 9.18 Å². The Labute approximate surface area is 99.2 Å². The fourth-order valence-corrected chi connectivity index (χ4v) is 2.12. The summed E-state index contributed by atoms with van der Waals surface area (Å²) in [5, 5.41) is 11.4. The minimum atomic E-state index is -0.564. The number of anilines is 1. The zero-order valence-corrected chi connectivity index (χ0v) is 9.37. The van der Waals surface area contributed by atoms with Crippen molar-refractivity contribution in [1.29, 1.82) is 5.26 Å². The van der Waals surface area contributed by atoms with Crippen molar-refractivity contribution in [2.45, 2.75) is 25.7 Å². The Morgan fingerprint density at radius 2 is 2.12 bits per heavy atom. The lowest BCUT2D eigenvalue weighted by atomic mass is 10.1. The van der Waals surface area contributed by atoms with Crippen LogP contribution in [0, 0.1) is 23.1 Å². The van der Waals surface area contributed by atoms with E-state index in [-0.39, 0.29) is 17.4 Å². The second kappa shape index (κ2) is 4.96. The Kier molecular flexibility index (Phi) is 3.38. The van der Waals surface area contributed by atoms with E-state index in [1.807, 2.05) is 0 Å². The third-order valence-electron chi connectivity index (χ3n) is 3.08. The highest BCUT2D eigenvalue weighted by atomic mass is 19.1. The molecule has 1 N–H and O–H groups in total. The molecule has 0 unspecified atom stereocenters. The number of hydrogen-bond acceptors (Lipinski definition) is 2. The van der Waals surface area contributed by atoms with Crippen molar-refractivity contribution >= 4 is 11.6 Å². The maximum absolute atomic E-state index is 13.1. The lowest BCUT2D eigenvalue weighted by molar-refractivity contribution is -0.119. The molecule has 1 saturated carbocycles. The van der Waals surface area contributed by atoms with Crippen LogP contribution in [0.4, 0.5) is 10.1 Å². The van der Waals surface area contributed by atoms with Crippen molar-refractivity contribution in [3.63, 3.8) is 0 Å². The second-order valence-corrected chi connectivity index (χ2v) is 4.28. The molecule has 1 amide bonds. The highest BCUT2D eigenvalue weighted by molar-refractivity contribution is 5.92. The molecule has 3 nitrogen and oxygen atoms in total. The van der Waals surface area contributed by atoms with Crippen LogP contribution in [0.2, 0.25) is 0 Å². The zero-order valence-electron chi connectivity index (χ0n) is 9.37. The summed E-state index contributed by atoms with van der Waals surface area (Å²) in [6, 6.07) is 5.79. The first kappa shape index (κ1) is 11.6. The molecule has 1 aliphatic rings. The summed E-state index contributed by atoms with van der Waals surface area (Å²) >= 11 is 0. The average Bonchev–Trinajstić information content (AvgIpc) is 2.85. The van der Waals surface area contributed by atoms with Crippen LogP contribution in [0.1, 0.15) is 31.2 Å². The molecule has 0 radical (unpaired) electrons. The molecule has 1 fully saturated rings. The third kappa shape index (κ3) is 2.62. The van der Waals surface area contributed by atoms with Gasteiger partial charge >= 0.3 is 0 Å². The maximum atomic E-state index is 13.1. The van der Waals surface area contributed by atoms with Gasteiger partial charge in [0.25, 0.3) is 0 Å². The predicted octanol–water partition coefficient (Wildman–Crippen LogP) is 2.83. The maximum Gasteiger partial charge on any atom is 0.227 e. The number of rotatable bonds is 2. The molecule has 0 spiro atoms. The average molecular weight is 232 g/mol. The third-order valence-corrected chi connectivity index (χ3v) is 3.08. The molecular weight excluding hydrogens is 219 g/mol. The summed E-state index contributed by atoms with van der Waals surface area (Å²) < 4.78 is 13.1. The molecule has 0 saturated heterocycles. The smallest absolute Gasteiger partial charge is 0.227 e. The molecule has 17 heavy (non-hydrogen) atoms. The Hall–Kier alpha value is -1.89. The first-order chi connectivity index (χ1) is 8.20. The number of amides is 1. The monoisotopic (exact) mass is 232 g/mol. The van der Waals surface area contributed by atoms with Crippen molar-refractivity contribution in [3.05, 3.63) is 29.6 Å². The predicted molar refractivity (Wildman–Crippen MR) is 61.7 cm³/mol. The standard InChI is InChI=1S/C13H13FN2O/c14-12-6-5-11(7-10(12)8-15)16-13(17)9-3-1-2-4-9/h5-7,9H,1-4H2,(H,16,17). The summed E-state index contributed by atoms with van der Waals surface area (Å²) in [6.45, 7) is 0. The highest BCUT2D eigenvalue weighted by Crippen LogP contribution is 2.26. The number of carbonyl (C=O) groups excluding carboxylic acids is 1. The van der Waals surface area contributed by atoms with Gasteiger partial charge in [0.15, 0.2) is 0 Å². The number of nitrogens with zero attached hydrogens (tertiary/aromatic N) is 1. The Bertz CT molecular complexity index is 473. The summed E-state index contributed by atoms with van der Waals surface area (Å²) in [5.74, 6) is -0.532. The van der Waals surface area contributed by atoms with Gasteiger partial charge in [-0.2, -0.15) is 5.26 Å². The molecule has 2 rings (SSSR count). The number of benzene rings is 1. The summed E-state index contributed by atoms with van der Waals surface area (Å²) in [6.07, 6.45) is 4.01. The van der Waals surface area contributed by atoms with Crippen LogP contribution >= 0.6 is 0 Å². The van der Waals surface area contributed by atoms with Gasteiger partial charge < -0.3 is 5.32 Å². The number of halogens is 1. The lowest BCUT2D eigenvalue weighted by Gasteiger charge is -2.10. The van der Waals surface area contributed by atoms with Gasteiger partial charge in [0.05, 0.1) is 5.56 Å². The van der Waals surface area contributed by atoms with Gasteiger partial charge in [-0.3, -0.25) is 4.79 Å². The van der Waals surface area contributed by atoms with E-state index < -0.39 is 5.82 Å². The van der Waals surface area contributed by atoms with Crippen molar-refractivity contribution in [3.8, 4) is 6.07 Å². The Morgan fingerprint density at radius 3 is 2.76 bits per heavy atom. The number of hydrogen-bond donors (Lipinski definition) is 1. The van der Waals surface area contributed by atoms with Crippen LogP contribution in [0.3, 0.4) is 0 Å². The second-order valence-electron chi connectivity index (χ2n) is 4.28. The quantitative estimate of drug-likeness (QED) is 0.852. The molecule has 88 valence electrons. The first-order valence-corrected chi connectivity index (χ1v) is 5.71. The first-order valence-electron chi connectivity index (χ1n) is 5.71. The van der Waals surface area contributed by atoms with Crippen LogP contribution in [0.5, 0.6) is 0 Å². The van der Waals surface area contributed by atoms with Crippen LogP contribution in [-0.4, -0.2) is 5.91 Å². The molecule has 1 aromatic rings. The summed E-state index contributed by atoms with van der Waals surface area (Å²) in [7, 11) is 0. The summed E-state index contributed by atoms with van der Waals surface area (Å²) in [5.41, 5.74) is 0.439. The van der Waals surface area contributed by atoms with Gasteiger partial charge in [-0.1, -0.05) is 12.8 Å². The Morgan fingerprint density at radius 1 is 1.41 bits per heavy atom. The molecule has 0 atom stereocenters. The van der Waals surface area contributed by atoms with Gasteiger partial charge in [-0.05, 0) is 31.0 Å². The van der Waals surface area contributed by atoms with E-state index in [0.29, 0.717) is 5.69 Å². The van der Waals surface area contributed by atoms with Crippen molar-refractivity contribution in [1.82, 2.24) is 0 Å². The number of nitrogens with one attached hydrogen (secondary N) is 1. The highest BCUT2D eigenvalue weighted by Gasteiger charge is 2.22. The van der Waals surface area contributed by atoms with Gasteiger partial charge in [0.2, 0.25) is 5.91 Å². The van der Waals surface area contributed by atoms with Crippen LogP contribution in [0.25, 0.3) is 0 Å². The molecule has 0 bridgehead atoms. The Balaban J connectivity index is 2.08. The molecule has 1 aromatic carbocycles. The molecule has 0 aromatic heterocycles. The number of nitriles is 1. The van der Waals surface area contributed by atoms with E-state index >= 15 is 0 Å². The minimum Gasteiger partial charge on any atom is -0.326 e. The topological polar surface area (TPSA) is 52.9 Å². The number of carbonyl (C=O) groups is 1. The summed E-state index contributed by atoms with van der Waals surface area (Å²) in [4.78, 5) is 11.8. The van der Waals surface area contributed by atoms with E-state index in [2.05, 4.69) is 5.32 Å². The van der Waals surface area contributed by atoms with Gasteiger partial charge in [0, 0.05) is 11.6 Å². The van der Waals surface area contributed by atoms with E-state index in [1.54, 1.807) is 6.07 Å². The fraction of sp³-hybridized carbons (Fsp3) is 0.385. The van der Waals surface area contributed by atoms with Crippen molar-refractivity contribution in [2.75, 3.05) is 5.32 Å². The van der Waals surface area contributed by atoms with Crippen LogP contribution < -0.4 is 5.32 Å². The van der Waals surface area contributed by atoms with Gasteiger partial charge in [0.1, 0.15) is 11.9 Å². The van der Waals surface area contributed by atoms with Crippen molar-refractivity contribution in [2.24, 2.45) is 5.92 Å². The van der Waals surface area contributed by atoms with Gasteiger partial charge in [-0.25, -0.2) is 4.39 Å². The molecule has 1 aliphatic carbocycles. The zero-order chi connectivity index (χ0) is 12.3. The van der Waals surface area contributed by atoms with E-state index in [9.17, 15) is 9.18 Å². The van der Waals surface area contributed by atoms with Crippen LogP contribution in [-0.2, 0) is 4.79 Å². The van der Waals surface area contributed by atoms with E-state index in [4.69, 9.17) is 5.26 Å². The fourth-order valence-electron chi connectivity index (χ4n) is 2.12. The molecular formula is C13H13FN2O. The van der Waals surface area contributed by atoms with E-state index in [1.165, 1.54) is 18.2 Å². The largest absolute Gasteiger partial charge is 0.326 e.